The molecule has 4 nitrogen and oxygen atoms in total. The number of aromatic nitrogens is 1. The number of benzene rings is 3. The lowest BCUT2D eigenvalue weighted by atomic mass is 9.97. The monoisotopic (exact) mass is 381 g/mol. The number of H-pyrrole nitrogens is 1. The number of fused-ring (bicyclic) bond motifs is 2. The van der Waals surface area contributed by atoms with E-state index in [0.717, 1.165) is 33.2 Å². The summed E-state index contributed by atoms with van der Waals surface area (Å²) in [5, 5.41) is 12.5. The quantitative estimate of drug-likeness (QED) is 0.372. The minimum atomic E-state index is -0.571. The summed E-state index contributed by atoms with van der Waals surface area (Å²) < 4.78 is 5.52. The summed E-state index contributed by atoms with van der Waals surface area (Å²) in [4.78, 5) is 16.2. The van der Waals surface area contributed by atoms with Crippen molar-refractivity contribution in [1.82, 2.24) is 4.98 Å². The van der Waals surface area contributed by atoms with Crippen LogP contribution >= 0.6 is 0 Å². The molecule has 0 atom stereocenters. The summed E-state index contributed by atoms with van der Waals surface area (Å²) in [6, 6.07) is 21.2. The third kappa shape index (κ3) is 2.72. The molecule has 29 heavy (non-hydrogen) atoms. The second-order valence-electron chi connectivity index (χ2n) is 7.40. The molecule has 0 fully saturated rings. The maximum atomic E-state index is 12.9. The van der Waals surface area contributed by atoms with Crippen LogP contribution in [0.3, 0.4) is 0 Å². The van der Waals surface area contributed by atoms with Gasteiger partial charge >= 0.3 is 5.63 Å². The topological polar surface area (TPSA) is 66.2 Å². The highest BCUT2D eigenvalue weighted by Gasteiger charge is 2.23. The molecule has 2 N–H and O–H groups in total. The zero-order valence-electron chi connectivity index (χ0n) is 16.1. The first-order chi connectivity index (χ1) is 14.0. The molecule has 0 spiro atoms. The van der Waals surface area contributed by atoms with Gasteiger partial charge in [-0.25, -0.2) is 4.79 Å². The lowest BCUT2D eigenvalue weighted by Crippen LogP contribution is -2.04. The average molecular weight is 381 g/mol. The Kier molecular flexibility index (Phi) is 3.81. The van der Waals surface area contributed by atoms with Gasteiger partial charge in [-0.3, -0.25) is 0 Å². The van der Waals surface area contributed by atoms with E-state index in [9.17, 15) is 9.90 Å². The molecule has 0 aliphatic heterocycles. The Morgan fingerprint density at radius 2 is 1.55 bits per heavy atom. The van der Waals surface area contributed by atoms with Crippen LogP contribution in [0.4, 0.5) is 0 Å². The van der Waals surface area contributed by atoms with E-state index in [4.69, 9.17) is 4.42 Å². The first-order valence-corrected chi connectivity index (χ1v) is 9.47. The lowest BCUT2D eigenvalue weighted by molar-refractivity contribution is 0.471. The van der Waals surface area contributed by atoms with Crippen molar-refractivity contribution in [2.45, 2.75) is 13.8 Å². The number of aromatic amines is 1. The molecular formula is C25H19NO3. The third-order valence-corrected chi connectivity index (χ3v) is 5.33. The van der Waals surface area contributed by atoms with Gasteiger partial charge in [0, 0.05) is 16.5 Å². The van der Waals surface area contributed by atoms with Crippen LogP contribution in [-0.4, -0.2) is 10.1 Å². The maximum absolute atomic E-state index is 12.9. The predicted molar refractivity (Wildman–Crippen MR) is 116 cm³/mol. The van der Waals surface area contributed by atoms with Crippen molar-refractivity contribution in [1.29, 1.82) is 0 Å². The first kappa shape index (κ1) is 17.3. The molecule has 5 aromatic rings. The summed E-state index contributed by atoms with van der Waals surface area (Å²) in [7, 11) is 0. The summed E-state index contributed by atoms with van der Waals surface area (Å²) in [5.41, 5.74) is 5.51. The highest BCUT2D eigenvalue weighted by molar-refractivity contribution is 6.06. The van der Waals surface area contributed by atoms with E-state index in [1.165, 1.54) is 0 Å². The molecule has 0 radical (unpaired) electrons. The Bertz CT molecular complexity index is 1440. The standard InChI is InChI=1S/C25H19NO3/c1-14-7-10-16(11-8-14)21-18-13-15(2)9-12-19(18)26-23(21)22-24(27)17-5-3-4-6-20(17)29-25(22)28/h3-13,26-27H,1-2H3. The molecule has 3 aromatic carbocycles. The molecule has 5 rings (SSSR count). The molecule has 0 bridgehead atoms. The van der Waals surface area contributed by atoms with Crippen LogP contribution in [0.25, 0.3) is 44.3 Å². The van der Waals surface area contributed by atoms with Crippen molar-refractivity contribution in [3.8, 4) is 28.1 Å². The van der Waals surface area contributed by atoms with Crippen molar-refractivity contribution in [2.24, 2.45) is 0 Å². The van der Waals surface area contributed by atoms with Crippen molar-refractivity contribution in [3.63, 3.8) is 0 Å². The fraction of sp³-hybridized carbons (Fsp3) is 0.0800. The molecule has 4 heteroatoms. The molecule has 0 unspecified atom stereocenters. The van der Waals surface area contributed by atoms with Gasteiger partial charge in [-0.15, -0.1) is 0 Å². The second-order valence-corrected chi connectivity index (χ2v) is 7.40. The van der Waals surface area contributed by atoms with E-state index < -0.39 is 5.63 Å². The van der Waals surface area contributed by atoms with E-state index in [2.05, 4.69) is 11.1 Å². The lowest BCUT2D eigenvalue weighted by Gasteiger charge is -2.09. The number of aromatic hydroxyl groups is 1. The largest absolute Gasteiger partial charge is 0.506 e. The van der Waals surface area contributed by atoms with Crippen molar-refractivity contribution < 1.29 is 9.52 Å². The van der Waals surface area contributed by atoms with Gasteiger partial charge in [0.25, 0.3) is 0 Å². The number of aryl methyl sites for hydroxylation is 2. The summed E-state index contributed by atoms with van der Waals surface area (Å²) in [6.45, 7) is 4.07. The zero-order valence-corrected chi connectivity index (χ0v) is 16.1. The van der Waals surface area contributed by atoms with Gasteiger partial charge in [-0.1, -0.05) is 53.6 Å². The maximum Gasteiger partial charge on any atom is 0.349 e. The number of hydrogen-bond acceptors (Lipinski definition) is 3. The van der Waals surface area contributed by atoms with Crippen LogP contribution in [0, 0.1) is 13.8 Å². The summed E-state index contributed by atoms with van der Waals surface area (Å²) in [5.74, 6) is -0.0755. The smallest absolute Gasteiger partial charge is 0.349 e. The van der Waals surface area contributed by atoms with Crippen molar-refractivity contribution in [3.05, 3.63) is 88.3 Å². The average Bonchev–Trinajstić information content (AvgIpc) is 3.07. The number of para-hydroxylation sites is 1. The molecular weight excluding hydrogens is 362 g/mol. The van der Waals surface area contributed by atoms with Crippen molar-refractivity contribution >= 4 is 21.9 Å². The normalized spacial score (nSPS) is 11.4. The van der Waals surface area contributed by atoms with Gasteiger partial charge in [0.05, 0.1) is 11.1 Å². The first-order valence-electron chi connectivity index (χ1n) is 9.47. The van der Waals surface area contributed by atoms with E-state index >= 15 is 0 Å². The Hall–Kier alpha value is -3.79. The number of hydrogen-bond donors (Lipinski definition) is 2. The summed E-state index contributed by atoms with van der Waals surface area (Å²) >= 11 is 0. The van der Waals surface area contributed by atoms with Gasteiger partial charge in [-0.2, -0.15) is 0 Å². The van der Waals surface area contributed by atoms with E-state index in [1.54, 1.807) is 24.3 Å². The van der Waals surface area contributed by atoms with Gasteiger partial charge in [0.15, 0.2) is 0 Å². The predicted octanol–water partition coefficient (Wildman–Crippen LogP) is 5.93. The Balaban J connectivity index is 1.91. The van der Waals surface area contributed by atoms with Crippen LogP contribution in [0.5, 0.6) is 5.75 Å². The van der Waals surface area contributed by atoms with Crippen molar-refractivity contribution in [2.75, 3.05) is 0 Å². The Labute approximate surface area is 167 Å². The molecule has 0 saturated carbocycles. The third-order valence-electron chi connectivity index (χ3n) is 5.33. The van der Waals surface area contributed by atoms with Gasteiger partial charge in [0.2, 0.25) is 0 Å². The fourth-order valence-electron chi connectivity index (χ4n) is 3.87. The van der Waals surface area contributed by atoms with Crippen LogP contribution in [0.2, 0.25) is 0 Å². The van der Waals surface area contributed by atoms with Crippen LogP contribution in [0.1, 0.15) is 11.1 Å². The molecule has 2 heterocycles. The highest BCUT2D eigenvalue weighted by atomic mass is 16.4. The van der Waals surface area contributed by atoms with E-state index in [0.29, 0.717) is 16.7 Å². The van der Waals surface area contributed by atoms with Gasteiger partial charge in [-0.05, 0) is 43.7 Å². The highest BCUT2D eigenvalue weighted by Crippen LogP contribution is 2.42. The fourth-order valence-corrected chi connectivity index (χ4v) is 3.87. The number of rotatable bonds is 2. The summed E-state index contributed by atoms with van der Waals surface area (Å²) in [6.07, 6.45) is 0. The Morgan fingerprint density at radius 1 is 0.828 bits per heavy atom. The molecule has 0 aliphatic rings. The molecule has 0 aliphatic carbocycles. The van der Waals surface area contributed by atoms with Gasteiger partial charge < -0.3 is 14.5 Å². The van der Waals surface area contributed by atoms with Crippen LogP contribution in [-0.2, 0) is 0 Å². The Morgan fingerprint density at radius 3 is 2.34 bits per heavy atom. The minimum absolute atomic E-state index is 0.0755. The minimum Gasteiger partial charge on any atom is -0.506 e. The SMILES string of the molecule is Cc1ccc(-c2c(-c3c(O)c4ccccc4oc3=O)[nH]c3ccc(C)cc23)cc1. The second kappa shape index (κ2) is 6.38. The molecule has 2 aromatic heterocycles. The molecule has 142 valence electrons. The van der Waals surface area contributed by atoms with E-state index in [-0.39, 0.29) is 11.3 Å². The van der Waals surface area contributed by atoms with Crippen LogP contribution < -0.4 is 5.63 Å². The van der Waals surface area contributed by atoms with E-state index in [1.807, 2.05) is 50.2 Å². The zero-order chi connectivity index (χ0) is 20.1. The van der Waals surface area contributed by atoms with Gasteiger partial charge in [0.1, 0.15) is 16.9 Å². The molecule has 0 amide bonds. The van der Waals surface area contributed by atoms with Crippen LogP contribution in [0.15, 0.2) is 75.9 Å². The number of nitrogens with one attached hydrogen (secondary N) is 1. The molecule has 0 saturated heterocycles.